The molecule has 0 saturated heterocycles. The van der Waals surface area contributed by atoms with E-state index in [0.717, 1.165) is 4.47 Å². The highest BCUT2D eigenvalue weighted by Crippen LogP contribution is 2.08. The Morgan fingerprint density at radius 1 is 1.73 bits per heavy atom. The molecule has 0 aliphatic rings. The molecule has 0 aromatic carbocycles. The second-order valence-corrected chi connectivity index (χ2v) is 3.87. The molecule has 1 rings (SSSR count). The van der Waals surface area contributed by atoms with Crippen LogP contribution in [0.1, 0.15) is 13.3 Å². The van der Waals surface area contributed by atoms with Gasteiger partial charge in [0.1, 0.15) is 0 Å². The van der Waals surface area contributed by atoms with Gasteiger partial charge in [-0.25, -0.2) is 4.79 Å². The lowest BCUT2D eigenvalue weighted by Crippen LogP contribution is -2.06. The van der Waals surface area contributed by atoms with Crippen molar-refractivity contribution >= 4 is 21.9 Å². The number of aromatic nitrogens is 2. The van der Waals surface area contributed by atoms with Crippen molar-refractivity contribution in [3.05, 3.63) is 28.5 Å². The van der Waals surface area contributed by atoms with Gasteiger partial charge in [0.05, 0.1) is 24.3 Å². The number of nitrogens with zero attached hydrogens (tertiary/aromatic N) is 2. The Kier molecular flexibility index (Phi) is 4.55. The maximum atomic E-state index is 11.2. The lowest BCUT2D eigenvalue weighted by molar-refractivity contribution is -0.136. The van der Waals surface area contributed by atoms with Crippen molar-refractivity contribution < 1.29 is 9.53 Å². The smallest absolute Gasteiger partial charge is 0.333 e. The van der Waals surface area contributed by atoms with Gasteiger partial charge < -0.3 is 4.74 Å². The highest BCUT2D eigenvalue weighted by molar-refractivity contribution is 9.10. The van der Waals surface area contributed by atoms with Crippen LogP contribution in [-0.4, -0.2) is 22.9 Å². The summed E-state index contributed by atoms with van der Waals surface area (Å²) in [4.78, 5) is 11.2. The first kappa shape index (κ1) is 12.0. The largest absolute Gasteiger partial charge is 0.466 e. The SMILES string of the molecule is CCC(=CCn1cc(Br)cn1)C(=O)OC. The lowest BCUT2D eigenvalue weighted by atomic mass is 10.2. The summed E-state index contributed by atoms with van der Waals surface area (Å²) in [6, 6.07) is 0. The predicted molar refractivity (Wildman–Crippen MR) is 60.3 cm³/mol. The molecule has 0 saturated carbocycles. The van der Waals surface area contributed by atoms with Crippen molar-refractivity contribution in [2.75, 3.05) is 7.11 Å². The molecule has 0 aliphatic heterocycles. The summed E-state index contributed by atoms with van der Waals surface area (Å²) in [5.41, 5.74) is 0.670. The van der Waals surface area contributed by atoms with Crippen molar-refractivity contribution in [2.45, 2.75) is 19.9 Å². The zero-order chi connectivity index (χ0) is 11.3. The van der Waals surface area contributed by atoms with E-state index in [0.29, 0.717) is 18.5 Å². The molecule has 1 heterocycles. The van der Waals surface area contributed by atoms with E-state index in [1.165, 1.54) is 7.11 Å². The van der Waals surface area contributed by atoms with E-state index in [2.05, 4.69) is 25.8 Å². The molecule has 0 aliphatic carbocycles. The van der Waals surface area contributed by atoms with Crippen LogP contribution in [0.2, 0.25) is 0 Å². The number of allylic oxidation sites excluding steroid dienone is 1. The third-order valence-electron chi connectivity index (χ3n) is 1.95. The third-order valence-corrected chi connectivity index (χ3v) is 2.36. The van der Waals surface area contributed by atoms with E-state index in [-0.39, 0.29) is 5.97 Å². The molecule has 0 bridgehead atoms. The molecule has 0 unspecified atom stereocenters. The second kappa shape index (κ2) is 5.70. The Morgan fingerprint density at radius 2 is 2.47 bits per heavy atom. The van der Waals surface area contributed by atoms with Crippen LogP contribution in [-0.2, 0) is 16.1 Å². The third kappa shape index (κ3) is 3.51. The molecular formula is C10H13BrN2O2. The summed E-state index contributed by atoms with van der Waals surface area (Å²) in [5.74, 6) is -0.274. The molecule has 0 radical (unpaired) electrons. The normalized spacial score (nSPS) is 11.5. The Labute approximate surface area is 97.0 Å². The predicted octanol–water partition coefficient (Wildman–Crippen LogP) is 2.15. The number of methoxy groups -OCH3 is 1. The number of rotatable bonds is 4. The van der Waals surface area contributed by atoms with Crippen LogP contribution in [0.5, 0.6) is 0 Å². The zero-order valence-corrected chi connectivity index (χ0v) is 10.3. The number of hydrogen-bond donors (Lipinski definition) is 0. The van der Waals surface area contributed by atoms with Crippen LogP contribution < -0.4 is 0 Å². The Morgan fingerprint density at radius 3 is 2.93 bits per heavy atom. The summed E-state index contributed by atoms with van der Waals surface area (Å²) < 4.78 is 7.31. The molecule has 0 spiro atoms. The fourth-order valence-corrected chi connectivity index (χ4v) is 1.47. The van der Waals surface area contributed by atoms with Crippen molar-refractivity contribution in [3.63, 3.8) is 0 Å². The zero-order valence-electron chi connectivity index (χ0n) is 8.74. The van der Waals surface area contributed by atoms with Crippen molar-refractivity contribution in [1.29, 1.82) is 0 Å². The van der Waals surface area contributed by atoms with Gasteiger partial charge in [-0.05, 0) is 22.4 Å². The van der Waals surface area contributed by atoms with Crippen LogP contribution in [0.25, 0.3) is 0 Å². The highest BCUT2D eigenvalue weighted by atomic mass is 79.9. The van der Waals surface area contributed by atoms with E-state index in [9.17, 15) is 4.79 Å². The van der Waals surface area contributed by atoms with Crippen LogP contribution in [0.4, 0.5) is 0 Å². The summed E-state index contributed by atoms with van der Waals surface area (Å²) in [7, 11) is 1.39. The quantitative estimate of drug-likeness (QED) is 0.623. The molecule has 0 fully saturated rings. The average molecular weight is 273 g/mol. The molecule has 0 amide bonds. The molecule has 15 heavy (non-hydrogen) atoms. The molecule has 0 N–H and O–H groups in total. The van der Waals surface area contributed by atoms with E-state index in [1.54, 1.807) is 10.9 Å². The van der Waals surface area contributed by atoms with Gasteiger partial charge >= 0.3 is 5.97 Å². The molecule has 1 aromatic rings. The van der Waals surface area contributed by atoms with Crippen LogP contribution >= 0.6 is 15.9 Å². The molecule has 5 heteroatoms. The number of halogens is 1. The summed E-state index contributed by atoms with van der Waals surface area (Å²) in [5, 5.41) is 4.08. The van der Waals surface area contributed by atoms with Crippen LogP contribution in [0, 0.1) is 0 Å². The average Bonchev–Trinajstić information content (AvgIpc) is 2.64. The van der Waals surface area contributed by atoms with Gasteiger partial charge in [0.2, 0.25) is 0 Å². The van der Waals surface area contributed by atoms with E-state index in [1.807, 2.05) is 19.2 Å². The molecule has 82 valence electrons. The topological polar surface area (TPSA) is 44.1 Å². The second-order valence-electron chi connectivity index (χ2n) is 2.96. The standard InChI is InChI=1S/C10H13BrN2O2/c1-3-8(10(14)15-2)4-5-13-7-9(11)6-12-13/h4,6-7H,3,5H2,1-2H3. The Bertz CT molecular complexity index is 371. The number of carbonyl (C=O) groups is 1. The number of ether oxygens (including phenoxy) is 1. The Hall–Kier alpha value is -1.10. The number of hydrogen-bond acceptors (Lipinski definition) is 3. The first-order valence-electron chi connectivity index (χ1n) is 4.62. The van der Waals surface area contributed by atoms with E-state index in [4.69, 9.17) is 0 Å². The van der Waals surface area contributed by atoms with Crippen LogP contribution in [0.3, 0.4) is 0 Å². The minimum atomic E-state index is -0.274. The van der Waals surface area contributed by atoms with Gasteiger partial charge in [-0.2, -0.15) is 5.10 Å². The van der Waals surface area contributed by atoms with Gasteiger partial charge in [0.25, 0.3) is 0 Å². The fraction of sp³-hybridized carbons (Fsp3) is 0.400. The van der Waals surface area contributed by atoms with Crippen LogP contribution in [0.15, 0.2) is 28.5 Å². The molecule has 1 aromatic heterocycles. The first-order chi connectivity index (χ1) is 7.17. The van der Waals surface area contributed by atoms with Gasteiger partial charge in [-0.15, -0.1) is 0 Å². The van der Waals surface area contributed by atoms with E-state index >= 15 is 0 Å². The minimum absolute atomic E-state index is 0.274. The highest BCUT2D eigenvalue weighted by Gasteiger charge is 2.06. The first-order valence-corrected chi connectivity index (χ1v) is 5.42. The van der Waals surface area contributed by atoms with Gasteiger partial charge in [0, 0.05) is 11.8 Å². The monoisotopic (exact) mass is 272 g/mol. The lowest BCUT2D eigenvalue weighted by Gasteiger charge is -2.02. The fourth-order valence-electron chi connectivity index (χ4n) is 1.15. The summed E-state index contributed by atoms with van der Waals surface area (Å²) in [6.07, 6.45) is 6.04. The number of esters is 1. The van der Waals surface area contributed by atoms with Gasteiger partial charge in [-0.3, -0.25) is 4.68 Å². The van der Waals surface area contributed by atoms with Gasteiger partial charge in [-0.1, -0.05) is 13.0 Å². The molecule has 0 atom stereocenters. The minimum Gasteiger partial charge on any atom is -0.466 e. The summed E-state index contributed by atoms with van der Waals surface area (Å²) >= 11 is 3.30. The maximum Gasteiger partial charge on any atom is 0.333 e. The van der Waals surface area contributed by atoms with Crippen molar-refractivity contribution in [3.8, 4) is 0 Å². The van der Waals surface area contributed by atoms with Crippen molar-refractivity contribution in [1.82, 2.24) is 9.78 Å². The maximum absolute atomic E-state index is 11.2. The number of carbonyl (C=O) groups excluding carboxylic acids is 1. The Balaban J connectivity index is 2.66. The van der Waals surface area contributed by atoms with Crippen molar-refractivity contribution in [2.24, 2.45) is 0 Å². The molecular weight excluding hydrogens is 260 g/mol. The van der Waals surface area contributed by atoms with Gasteiger partial charge in [0.15, 0.2) is 0 Å². The summed E-state index contributed by atoms with van der Waals surface area (Å²) in [6.45, 7) is 2.49. The molecule has 4 nitrogen and oxygen atoms in total. The van der Waals surface area contributed by atoms with E-state index < -0.39 is 0 Å².